The van der Waals surface area contributed by atoms with Crippen LogP contribution in [0.5, 0.6) is 0 Å². The van der Waals surface area contributed by atoms with E-state index in [1.165, 1.54) is 11.0 Å². The summed E-state index contributed by atoms with van der Waals surface area (Å²) in [5.41, 5.74) is 4.85. The number of benzene rings is 1. The van der Waals surface area contributed by atoms with Crippen molar-refractivity contribution in [3.63, 3.8) is 0 Å². The quantitative estimate of drug-likeness (QED) is 0.555. The Morgan fingerprint density at radius 1 is 0.923 bits per heavy atom. The zero-order chi connectivity index (χ0) is 18.1. The van der Waals surface area contributed by atoms with E-state index in [2.05, 4.69) is 69.1 Å². The number of hydrogen-bond acceptors (Lipinski definition) is 4. The van der Waals surface area contributed by atoms with E-state index in [0.29, 0.717) is 5.82 Å². The third-order valence-electron chi connectivity index (χ3n) is 4.64. The van der Waals surface area contributed by atoms with Crippen LogP contribution in [-0.2, 0) is 19.6 Å². The first-order valence-electron chi connectivity index (χ1n) is 9.17. The molecular formula is C19H23N7. The summed E-state index contributed by atoms with van der Waals surface area (Å²) in [6.07, 6.45) is 4.40. The van der Waals surface area contributed by atoms with Gasteiger partial charge < -0.3 is 13.7 Å². The number of para-hydroxylation sites is 2. The number of rotatable bonds is 5. The van der Waals surface area contributed by atoms with Crippen LogP contribution in [0.1, 0.15) is 27.2 Å². The van der Waals surface area contributed by atoms with E-state index in [1.807, 2.05) is 4.57 Å². The summed E-state index contributed by atoms with van der Waals surface area (Å²) in [5.74, 6) is 0.615. The molecule has 0 spiro atoms. The molecule has 7 nitrogen and oxygen atoms in total. The Bertz CT molecular complexity index is 1130. The molecular weight excluding hydrogens is 326 g/mol. The molecule has 4 rings (SSSR count). The molecule has 3 aromatic heterocycles. The van der Waals surface area contributed by atoms with E-state index in [-0.39, 0.29) is 0 Å². The van der Waals surface area contributed by atoms with Gasteiger partial charge in [0.1, 0.15) is 6.33 Å². The van der Waals surface area contributed by atoms with E-state index in [1.54, 1.807) is 12.7 Å². The Morgan fingerprint density at radius 3 is 2.38 bits per heavy atom. The molecule has 0 bridgehead atoms. The van der Waals surface area contributed by atoms with E-state index in [9.17, 15) is 0 Å². The van der Waals surface area contributed by atoms with E-state index < -0.39 is 0 Å². The fraction of sp³-hybridized carbons (Fsp3) is 0.368. The van der Waals surface area contributed by atoms with E-state index in [4.69, 9.17) is 4.99 Å². The highest BCUT2D eigenvalue weighted by Gasteiger charge is 2.13. The number of hydrogen-bond donors (Lipinski definition) is 0. The molecule has 26 heavy (non-hydrogen) atoms. The molecule has 0 aliphatic rings. The Kier molecular flexibility index (Phi) is 4.28. The van der Waals surface area contributed by atoms with Crippen LogP contribution >= 0.6 is 0 Å². The molecule has 4 aromatic rings. The monoisotopic (exact) mass is 349 g/mol. The highest BCUT2D eigenvalue weighted by Crippen LogP contribution is 2.20. The minimum Gasteiger partial charge on any atom is -0.315 e. The number of fused-ring (bicyclic) bond motifs is 2. The molecule has 0 radical (unpaired) electrons. The zero-order valence-corrected chi connectivity index (χ0v) is 15.4. The third-order valence-corrected chi connectivity index (χ3v) is 4.64. The van der Waals surface area contributed by atoms with Gasteiger partial charge in [-0.25, -0.2) is 15.0 Å². The minimum atomic E-state index is 0.615. The predicted molar refractivity (Wildman–Crippen MR) is 102 cm³/mol. The first-order chi connectivity index (χ1) is 12.8. The topological polar surface area (TPSA) is 65.8 Å². The van der Waals surface area contributed by atoms with E-state index >= 15 is 0 Å². The summed E-state index contributed by atoms with van der Waals surface area (Å²) in [5, 5.41) is 0. The third kappa shape index (κ3) is 2.51. The molecule has 7 heteroatoms. The lowest BCUT2D eigenvalue weighted by Crippen LogP contribution is -2.25. The number of aromatic nitrogens is 6. The molecule has 0 saturated heterocycles. The van der Waals surface area contributed by atoms with Crippen molar-refractivity contribution in [3.8, 4) is 0 Å². The van der Waals surface area contributed by atoms with Gasteiger partial charge in [0.2, 0.25) is 5.62 Å². The summed E-state index contributed by atoms with van der Waals surface area (Å²) < 4.78 is 6.50. The van der Waals surface area contributed by atoms with Crippen molar-refractivity contribution in [1.82, 2.24) is 28.7 Å². The van der Waals surface area contributed by atoms with Gasteiger partial charge in [0.05, 0.1) is 17.4 Å². The van der Waals surface area contributed by atoms with Crippen molar-refractivity contribution in [3.05, 3.63) is 42.5 Å². The Labute approximate surface area is 151 Å². The number of imidazole rings is 2. The largest absolute Gasteiger partial charge is 0.315 e. The lowest BCUT2D eigenvalue weighted by atomic mass is 10.3. The fourth-order valence-electron chi connectivity index (χ4n) is 3.43. The van der Waals surface area contributed by atoms with Crippen molar-refractivity contribution in [1.29, 1.82) is 0 Å². The first-order valence-corrected chi connectivity index (χ1v) is 9.17. The van der Waals surface area contributed by atoms with Crippen LogP contribution in [0.25, 0.3) is 22.2 Å². The molecule has 0 N–H and O–H groups in total. The molecule has 0 fully saturated rings. The highest BCUT2D eigenvalue weighted by atomic mass is 15.2. The maximum Gasteiger partial charge on any atom is 0.212 e. The predicted octanol–water partition coefficient (Wildman–Crippen LogP) is 3.26. The van der Waals surface area contributed by atoms with Crippen LogP contribution in [0.2, 0.25) is 0 Å². The molecule has 0 aliphatic carbocycles. The van der Waals surface area contributed by atoms with Crippen molar-refractivity contribution in [2.24, 2.45) is 4.99 Å². The molecule has 0 atom stereocenters. The van der Waals surface area contributed by atoms with Crippen molar-refractivity contribution >= 4 is 28.0 Å². The van der Waals surface area contributed by atoms with Crippen LogP contribution in [-0.4, -0.2) is 28.7 Å². The molecule has 0 amide bonds. The SMILES string of the molecule is CCCn1/c(=N\c2ncnc3c2ncn3CC)n(CC)c2ccccc21. The second-order valence-corrected chi connectivity index (χ2v) is 6.20. The average molecular weight is 349 g/mol. The standard InChI is InChI=1S/C19H23N7/c1-4-11-26-15-10-8-7-9-14(15)25(6-3)19(26)23-17-16-18(21-12-20-17)24(5-2)13-22-16/h7-10,12-13H,4-6,11H2,1-3H3/b23-19-. The van der Waals surface area contributed by atoms with E-state index in [0.717, 1.165) is 42.8 Å². The van der Waals surface area contributed by atoms with Crippen molar-refractivity contribution < 1.29 is 0 Å². The zero-order valence-electron chi connectivity index (χ0n) is 15.4. The Balaban J connectivity index is 2.05. The molecule has 0 unspecified atom stereocenters. The molecule has 3 heterocycles. The maximum absolute atomic E-state index is 4.94. The Morgan fingerprint density at radius 2 is 1.69 bits per heavy atom. The van der Waals surface area contributed by atoms with Gasteiger partial charge in [-0.1, -0.05) is 19.1 Å². The van der Waals surface area contributed by atoms with Crippen LogP contribution in [0, 0.1) is 0 Å². The fourth-order valence-corrected chi connectivity index (χ4v) is 3.43. The van der Waals surface area contributed by atoms with Crippen molar-refractivity contribution in [2.45, 2.75) is 46.8 Å². The molecule has 1 aromatic carbocycles. The minimum absolute atomic E-state index is 0.615. The lowest BCUT2D eigenvalue weighted by Gasteiger charge is -2.04. The lowest BCUT2D eigenvalue weighted by molar-refractivity contribution is 0.615. The van der Waals surface area contributed by atoms with Gasteiger partial charge in [0.15, 0.2) is 17.0 Å². The van der Waals surface area contributed by atoms with Gasteiger partial charge in [-0.15, -0.1) is 0 Å². The van der Waals surface area contributed by atoms with Gasteiger partial charge in [-0.3, -0.25) is 0 Å². The molecule has 0 aliphatic heterocycles. The average Bonchev–Trinajstić information content (AvgIpc) is 3.22. The van der Waals surface area contributed by atoms with Gasteiger partial charge >= 0.3 is 0 Å². The van der Waals surface area contributed by atoms with Gasteiger partial charge in [0, 0.05) is 19.6 Å². The van der Waals surface area contributed by atoms with Crippen molar-refractivity contribution in [2.75, 3.05) is 0 Å². The van der Waals surface area contributed by atoms with Crippen LogP contribution in [0.4, 0.5) is 5.82 Å². The summed E-state index contributed by atoms with van der Waals surface area (Å²) in [4.78, 5) is 18.2. The summed E-state index contributed by atoms with van der Waals surface area (Å²) >= 11 is 0. The normalized spacial score (nSPS) is 12.5. The van der Waals surface area contributed by atoms with Crippen LogP contribution in [0.3, 0.4) is 0 Å². The summed E-state index contributed by atoms with van der Waals surface area (Å²) in [6.45, 7) is 8.96. The number of aryl methyl sites for hydroxylation is 3. The summed E-state index contributed by atoms with van der Waals surface area (Å²) in [7, 11) is 0. The Hall–Kier alpha value is -2.96. The second-order valence-electron chi connectivity index (χ2n) is 6.20. The molecule has 0 saturated carbocycles. The van der Waals surface area contributed by atoms with Gasteiger partial charge in [-0.2, -0.15) is 4.99 Å². The molecule has 134 valence electrons. The van der Waals surface area contributed by atoms with Crippen LogP contribution < -0.4 is 5.62 Å². The van der Waals surface area contributed by atoms with Gasteiger partial charge in [-0.05, 0) is 32.4 Å². The van der Waals surface area contributed by atoms with Crippen LogP contribution in [0.15, 0.2) is 41.9 Å². The number of nitrogens with zero attached hydrogens (tertiary/aromatic N) is 7. The highest BCUT2D eigenvalue weighted by molar-refractivity contribution is 5.81. The van der Waals surface area contributed by atoms with Gasteiger partial charge in [0.25, 0.3) is 0 Å². The second kappa shape index (κ2) is 6.74. The first kappa shape index (κ1) is 16.5. The smallest absolute Gasteiger partial charge is 0.212 e. The summed E-state index contributed by atoms with van der Waals surface area (Å²) in [6, 6.07) is 8.44. The maximum atomic E-state index is 4.94.